The molecule has 0 aliphatic carbocycles. The SMILES string of the molecule is NC(=O)[C@H](CC(=O)O)NC(=O)Cc1cccc([N+](=O)[O-])c1. The van der Waals surface area contributed by atoms with Crippen molar-refractivity contribution in [1.29, 1.82) is 0 Å². The number of nitro benzene ring substituents is 1. The van der Waals surface area contributed by atoms with Crippen LogP contribution in [-0.2, 0) is 20.8 Å². The fraction of sp³-hybridized carbons (Fsp3) is 0.250. The number of primary amides is 1. The summed E-state index contributed by atoms with van der Waals surface area (Å²) in [6, 6.07) is 4.09. The average molecular weight is 295 g/mol. The van der Waals surface area contributed by atoms with Gasteiger partial charge in [0.05, 0.1) is 17.8 Å². The van der Waals surface area contributed by atoms with Crippen LogP contribution in [0.1, 0.15) is 12.0 Å². The number of carbonyl (C=O) groups is 3. The van der Waals surface area contributed by atoms with Crippen LogP contribution < -0.4 is 11.1 Å². The molecule has 1 atom stereocenters. The van der Waals surface area contributed by atoms with E-state index in [-0.39, 0.29) is 12.1 Å². The van der Waals surface area contributed by atoms with Crippen LogP contribution in [0.4, 0.5) is 5.69 Å². The molecule has 112 valence electrons. The van der Waals surface area contributed by atoms with E-state index in [1.165, 1.54) is 24.3 Å². The number of nitro groups is 1. The first-order valence-electron chi connectivity index (χ1n) is 5.83. The third-order valence-electron chi connectivity index (χ3n) is 2.54. The fourth-order valence-electron chi connectivity index (χ4n) is 1.61. The molecule has 1 aromatic carbocycles. The van der Waals surface area contributed by atoms with Gasteiger partial charge in [0.15, 0.2) is 0 Å². The molecule has 0 saturated heterocycles. The number of carbonyl (C=O) groups excluding carboxylic acids is 2. The van der Waals surface area contributed by atoms with E-state index in [2.05, 4.69) is 5.32 Å². The van der Waals surface area contributed by atoms with Crippen molar-refractivity contribution in [3.8, 4) is 0 Å². The molecule has 2 amide bonds. The maximum atomic E-state index is 11.7. The number of hydrogen-bond donors (Lipinski definition) is 3. The summed E-state index contributed by atoms with van der Waals surface area (Å²) in [5.74, 6) is -2.90. The Balaban J connectivity index is 2.72. The Morgan fingerprint density at radius 2 is 2.05 bits per heavy atom. The molecular formula is C12H13N3O6. The summed E-state index contributed by atoms with van der Waals surface area (Å²) < 4.78 is 0. The summed E-state index contributed by atoms with van der Waals surface area (Å²) in [6.45, 7) is 0. The Kier molecular flexibility index (Phi) is 5.35. The van der Waals surface area contributed by atoms with Crippen molar-refractivity contribution in [3.05, 3.63) is 39.9 Å². The van der Waals surface area contributed by atoms with Gasteiger partial charge in [-0.2, -0.15) is 0 Å². The minimum absolute atomic E-state index is 0.169. The normalized spacial score (nSPS) is 11.4. The van der Waals surface area contributed by atoms with Crippen LogP contribution in [0, 0.1) is 10.1 Å². The van der Waals surface area contributed by atoms with Gasteiger partial charge in [-0.15, -0.1) is 0 Å². The van der Waals surface area contributed by atoms with E-state index >= 15 is 0 Å². The van der Waals surface area contributed by atoms with Crippen LogP contribution in [0.2, 0.25) is 0 Å². The van der Waals surface area contributed by atoms with Crippen molar-refractivity contribution >= 4 is 23.5 Å². The highest BCUT2D eigenvalue weighted by Gasteiger charge is 2.21. The fourth-order valence-corrected chi connectivity index (χ4v) is 1.61. The summed E-state index contributed by atoms with van der Waals surface area (Å²) in [4.78, 5) is 43.3. The zero-order valence-electron chi connectivity index (χ0n) is 10.8. The van der Waals surface area contributed by atoms with Gasteiger partial charge < -0.3 is 16.2 Å². The van der Waals surface area contributed by atoms with Crippen LogP contribution in [0.3, 0.4) is 0 Å². The van der Waals surface area contributed by atoms with Crippen molar-refractivity contribution in [2.24, 2.45) is 5.73 Å². The van der Waals surface area contributed by atoms with E-state index in [1.807, 2.05) is 0 Å². The van der Waals surface area contributed by atoms with Gasteiger partial charge >= 0.3 is 5.97 Å². The number of carboxylic acid groups (broad SMARTS) is 1. The molecule has 0 fully saturated rings. The third-order valence-corrected chi connectivity index (χ3v) is 2.54. The van der Waals surface area contributed by atoms with Crippen LogP contribution in [0.15, 0.2) is 24.3 Å². The molecule has 0 aromatic heterocycles. The minimum Gasteiger partial charge on any atom is -0.481 e. The standard InChI is InChI=1S/C12H13N3O6/c13-12(19)9(6-11(17)18)14-10(16)5-7-2-1-3-8(4-7)15(20)21/h1-4,9H,5-6H2,(H2,13,19)(H,14,16)(H,17,18)/t9-/m0/s1. The number of rotatable bonds is 7. The lowest BCUT2D eigenvalue weighted by molar-refractivity contribution is -0.384. The monoisotopic (exact) mass is 295 g/mol. The minimum atomic E-state index is -1.33. The van der Waals surface area contributed by atoms with Gasteiger partial charge in [-0.3, -0.25) is 24.5 Å². The summed E-state index contributed by atoms with van der Waals surface area (Å²) in [5, 5.41) is 21.4. The molecule has 0 spiro atoms. The van der Waals surface area contributed by atoms with Crippen molar-refractivity contribution in [2.45, 2.75) is 18.9 Å². The van der Waals surface area contributed by atoms with Gasteiger partial charge in [-0.05, 0) is 5.56 Å². The van der Waals surface area contributed by atoms with Crippen molar-refractivity contribution in [2.75, 3.05) is 0 Å². The maximum absolute atomic E-state index is 11.7. The number of non-ortho nitro benzene ring substituents is 1. The zero-order chi connectivity index (χ0) is 16.0. The zero-order valence-corrected chi connectivity index (χ0v) is 10.8. The third kappa shape index (κ3) is 5.27. The summed E-state index contributed by atoms with van der Waals surface area (Å²) >= 11 is 0. The van der Waals surface area contributed by atoms with Gasteiger partial charge in [0.25, 0.3) is 5.69 Å². The van der Waals surface area contributed by atoms with E-state index in [0.29, 0.717) is 5.56 Å². The van der Waals surface area contributed by atoms with Crippen molar-refractivity contribution in [3.63, 3.8) is 0 Å². The first kappa shape index (κ1) is 16.1. The topological polar surface area (TPSA) is 153 Å². The number of benzene rings is 1. The molecule has 4 N–H and O–H groups in total. The van der Waals surface area contributed by atoms with Crippen LogP contribution in [-0.4, -0.2) is 33.9 Å². The van der Waals surface area contributed by atoms with Gasteiger partial charge in [0.1, 0.15) is 6.04 Å². The van der Waals surface area contributed by atoms with Gasteiger partial charge in [-0.25, -0.2) is 0 Å². The number of nitrogens with zero attached hydrogens (tertiary/aromatic N) is 1. The molecule has 0 aliphatic heterocycles. The number of nitrogens with two attached hydrogens (primary N) is 1. The Hall–Kier alpha value is -2.97. The number of nitrogens with one attached hydrogen (secondary N) is 1. The lowest BCUT2D eigenvalue weighted by Crippen LogP contribution is -2.46. The predicted octanol–water partition coefficient (Wildman–Crippen LogP) is -0.418. The summed E-state index contributed by atoms with van der Waals surface area (Å²) in [6.07, 6.45) is -0.860. The molecule has 0 heterocycles. The Morgan fingerprint density at radius 1 is 1.38 bits per heavy atom. The van der Waals surface area contributed by atoms with E-state index in [1.54, 1.807) is 0 Å². The van der Waals surface area contributed by atoms with E-state index in [4.69, 9.17) is 10.8 Å². The second-order valence-corrected chi connectivity index (χ2v) is 4.22. The molecule has 1 rings (SSSR count). The molecule has 0 radical (unpaired) electrons. The Morgan fingerprint density at radius 3 is 2.57 bits per heavy atom. The second-order valence-electron chi connectivity index (χ2n) is 4.22. The lowest BCUT2D eigenvalue weighted by atomic mass is 10.1. The maximum Gasteiger partial charge on any atom is 0.305 e. The van der Waals surface area contributed by atoms with E-state index in [0.717, 1.165) is 0 Å². The van der Waals surface area contributed by atoms with Crippen LogP contribution in [0.5, 0.6) is 0 Å². The van der Waals surface area contributed by atoms with E-state index in [9.17, 15) is 24.5 Å². The predicted molar refractivity (Wildman–Crippen MR) is 70.2 cm³/mol. The van der Waals surface area contributed by atoms with Gasteiger partial charge in [0, 0.05) is 12.1 Å². The molecular weight excluding hydrogens is 282 g/mol. The molecule has 0 saturated carbocycles. The largest absolute Gasteiger partial charge is 0.481 e. The van der Waals surface area contributed by atoms with Crippen LogP contribution >= 0.6 is 0 Å². The van der Waals surface area contributed by atoms with Crippen molar-refractivity contribution in [1.82, 2.24) is 5.32 Å². The summed E-state index contributed by atoms with van der Waals surface area (Å²) in [5.41, 5.74) is 5.18. The van der Waals surface area contributed by atoms with Crippen LogP contribution in [0.25, 0.3) is 0 Å². The molecule has 9 heteroatoms. The van der Waals surface area contributed by atoms with Gasteiger partial charge in [0.2, 0.25) is 11.8 Å². The average Bonchev–Trinajstić information content (AvgIpc) is 2.37. The second kappa shape index (κ2) is 6.98. The summed E-state index contributed by atoms with van der Waals surface area (Å²) in [7, 11) is 0. The van der Waals surface area contributed by atoms with Gasteiger partial charge in [-0.1, -0.05) is 12.1 Å². The first-order valence-corrected chi connectivity index (χ1v) is 5.83. The molecule has 1 aromatic rings. The molecule has 0 unspecified atom stereocenters. The highest BCUT2D eigenvalue weighted by atomic mass is 16.6. The molecule has 0 bridgehead atoms. The number of hydrogen-bond acceptors (Lipinski definition) is 5. The number of aliphatic carboxylic acids is 1. The highest BCUT2D eigenvalue weighted by molar-refractivity contribution is 5.90. The molecule has 21 heavy (non-hydrogen) atoms. The Labute approximate surface area is 118 Å². The number of carboxylic acids is 1. The van der Waals surface area contributed by atoms with E-state index < -0.39 is 35.2 Å². The quantitative estimate of drug-likeness (QED) is 0.458. The molecule has 9 nitrogen and oxygen atoms in total. The smallest absolute Gasteiger partial charge is 0.305 e. The highest BCUT2D eigenvalue weighted by Crippen LogP contribution is 2.13. The Bertz CT molecular complexity index is 586. The number of amides is 2. The van der Waals surface area contributed by atoms with Crippen molar-refractivity contribution < 1.29 is 24.4 Å². The first-order chi connectivity index (χ1) is 9.79. The molecule has 0 aliphatic rings. The lowest BCUT2D eigenvalue weighted by Gasteiger charge is -2.13.